The minimum Gasteiger partial charge on any atom is -0.494 e. The highest BCUT2D eigenvalue weighted by Gasteiger charge is 2.48. The normalized spacial score (nSPS) is 20.5. The minimum atomic E-state index is -4.52. The Bertz CT molecular complexity index is 1330. The van der Waals surface area contributed by atoms with Crippen LogP contribution in [0.5, 0.6) is 5.75 Å². The van der Waals surface area contributed by atoms with Crippen LogP contribution in [0.3, 0.4) is 0 Å². The number of likely N-dealkylation sites (tertiary alicyclic amines) is 1. The molecule has 1 N–H and O–H groups in total. The third kappa shape index (κ3) is 3.89. The number of aromatic nitrogens is 4. The first kappa shape index (κ1) is 21.6. The summed E-state index contributed by atoms with van der Waals surface area (Å²) < 4.78 is 49.3. The number of hydrogen-bond donors (Lipinski definition) is 1. The van der Waals surface area contributed by atoms with Crippen molar-refractivity contribution < 1.29 is 23.0 Å². The molecule has 1 aliphatic heterocycles. The van der Waals surface area contributed by atoms with E-state index in [1.165, 1.54) is 27.6 Å². The third-order valence-corrected chi connectivity index (χ3v) is 6.03. The average Bonchev–Trinajstić information content (AvgIpc) is 3.34. The summed E-state index contributed by atoms with van der Waals surface area (Å²) in [6.45, 7) is 1.65. The first-order valence-electron chi connectivity index (χ1n) is 10.5. The van der Waals surface area contributed by atoms with Gasteiger partial charge in [0.1, 0.15) is 23.0 Å². The van der Waals surface area contributed by atoms with Gasteiger partial charge in [-0.05, 0) is 37.1 Å². The number of ether oxygens (including phenoxy) is 1. The lowest BCUT2D eigenvalue weighted by molar-refractivity contribution is -0.185. The van der Waals surface area contributed by atoms with Crippen LogP contribution in [0.25, 0.3) is 28.1 Å². The van der Waals surface area contributed by atoms with Gasteiger partial charge in [0.05, 0.1) is 12.7 Å². The maximum Gasteiger partial charge on any atom is 0.408 e. The molecule has 7 nitrogen and oxygen atoms in total. The number of methoxy groups -OCH3 is 1. The molecule has 0 radical (unpaired) electrons. The van der Waals surface area contributed by atoms with Crippen molar-refractivity contribution in [2.75, 3.05) is 20.2 Å². The number of hydrogen-bond acceptors (Lipinski definition) is 6. The van der Waals surface area contributed by atoms with E-state index in [1.807, 2.05) is 18.2 Å². The smallest absolute Gasteiger partial charge is 0.408 e. The Morgan fingerprint density at radius 2 is 1.94 bits per heavy atom. The maximum atomic E-state index is 14.1. The Kier molecular flexibility index (Phi) is 5.02. The number of alkyl halides is 3. The van der Waals surface area contributed by atoms with Crippen LogP contribution in [0.1, 0.15) is 24.9 Å². The molecule has 1 unspecified atom stereocenters. The van der Waals surface area contributed by atoms with E-state index in [4.69, 9.17) is 4.74 Å². The zero-order chi connectivity index (χ0) is 23.4. The molecule has 0 bridgehead atoms. The maximum absolute atomic E-state index is 14.1. The van der Waals surface area contributed by atoms with Crippen LogP contribution in [-0.4, -0.2) is 61.6 Å². The number of nitrogens with zero attached hydrogens (tertiary/aromatic N) is 5. The lowest BCUT2D eigenvalue weighted by Gasteiger charge is -2.30. The van der Waals surface area contributed by atoms with E-state index < -0.39 is 17.8 Å². The van der Waals surface area contributed by atoms with Crippen molar-refractivity contribution in [1.29, 1.82) is 0 Å². The number of aliphatic hydroxyl groups is 1. The number of β-amino-alcohol motifs (C(OH)–C–C–N with tert-alkyl or cyclic N) is 1. The summed E-state index contributed by atoms with van der Waals surface area (Å²) in [6, 6.07) is 10.2. The predicted molar refractivity (Wildman–Crippen MR) is 116 cm³/mol. The van der Waals surface area contributed by atoms with Gasteiger partial charge >= 0.3 is 6.18 Å². The molecule has 4 aromatic rings. The summed E-state index contributed by atoms with van der Waals surface area (Å²) in [5, 5.41) is 19.4. The predicted octanol–water partition coefficient (Wildman–Crippen LogP) is 4.01. The van der Waals surface area contributed by atoms with E-state index in [2.05, 4.69) is 15.2 Å². The van der Waals surface area contributed by atoms with Crippen molar-refractivity contribution in [3.8, 4) is 17.3 Å². The molecule has 1 saturated heterocycles. The second-order valence-corrected chi connectivity index (χ2v) is 8.60. The summed E-state index contributed by atoms with van der Waals surface area (Å²) in [6.07, 6.45) is -2.83. The average molecular weight is 457 g/mol. The molecule has 10 heteroatoms. The van der Waals surface area contributed by atoms with E-state index in [-0.39, 0.29) is 25.1 Å². The van der Waals surface area contributed by atoms with Crippen molar-refractivity contribution in [3.05, 3.63) is 54.2 Å². The van der Waals surface area contributed by atoms with Gasteiger partial charge in [0.2, 0.25) is 0 Å². The number of fused-ring (bicyclic) bond motifs is 2. The number of rotatable bonds is 4. The van der Waals surface area contributed by atoms with Crippen molar-refractivity contribution in [2.45, 2.75) is 31.2 Å². The van der Waals surface area contributed by atoms with Crippen LogP contribution < -0.4 is 4.74 Å². The molecule has 3 aromatic heterocycles. The van der Waals surface area contributed by atoms with Gasteiger partial charge in [0.15, 0.2) is 11.5 Å². The molecular weight excluding hydrogens is 435 g/mol. The first-order chi connectivity index (χ1) is 15.7. The molecular formula is C23H22F3N5O2. The molecule has 172 valence electrons. The Morgan fingerprint density at radius 1 is 1.12 bits per heavy atom. The zero-order valence-corrected chi connectivity index (χ0v) is 18.0. The summed E-state index contributed by atoms with van der Waals surface area (Å²) in [7, 11) is 1.55. The van der Waals surface area contributed by atoms with E-state index in [0.717, 1.165) is 5.39 Å². The van der Waals surface area contributed by atoms with Gasteiger partial charge in [-0.15, -0.1) is 10.2 Å². The lowest BCUT2D eigenvalue weighted by Crippen LogP contribution is -2.39. The molecule has 33 heavy (non-hydrogen) atoms. The molecule has 5 rings (SSSR count). The van der Waals surface area contributed by atoms with Crippen LogP contribution in [-0.2, 0) is 0 Å². The van der Waals surface area contributed by atoms with E-state index >= 15 is 0 Å². The molecule has 1 aromatic carbocycles. The fourth-order valence-corrected chi connectivity index (χ4v) is 4.46. The fourth-order valence-electron chi connectivity index (χ4n) is 4.46. The molecule has 0 aliphatic carbocycles. The summed E-state index contributed by atoms with van der Waals surface area (Å²) in [5.74, 6) is 0.913. The lowest BCUT2D eigenvalue weighted by atomic mass is 10.1. The van der Waals surface area contributed by atoms with Crippen LogP contribution in [0, 0.1) is 0 Å². The Balaban J connectivity index is 1.61. The van der Waals surface area contributed by atoms with E-state index in [0.29, 0.717) is 28.4 Å². The van der Waals surface area contributed by atoms with Gasteiger partial charge in [-0.1, -0.05) is 24.3 Å². The van der Waals surface area contributed by atoms with Crippen molar-refractivity contribution in [3.63, 3.8) is 0 Å². The van der Waals surface area contributed by atoms with Crippen LogP contribution in [0.15, 0.2) is 48.7 Å². The molecule has 0 amide bonds. The zero-order valence-electron chi connectivity index (χ0n) is 18.0. The number of halogens is 3. The molecule has 0 spiro atoms. The topological polar surface area (TPSA) is 75.8 Å². The highest BCUT2D eigenvalue weighted by molar-refractivity contribution is 5.86. The standard InChI is InChI=1S/C23H22F3N5O2/c1-22(32)10-11-30(13-22)20(23(24,25)26)15-7-9-18-28-29-21(31(18)12-15)16-8-6-14-4-3-5-17(33-2)19(14)27-16/h3-9,12,20,32H,10-11,13H2,1-2H3/t20-,22?/m1/s1. The molecule has 0 saturated carbocycles. The fraction of sp³-hybridized carbons (Fsp3) is 0.348. The van der Waals surface area contributed by atoms with Crippen molar-refractivity contribution in [1.82, 2.24) is 24.5 Å². The minimum absolute atomic E-state index is 0.0483. The quantitative estimate of drug-likeness (QED) is 0.499. The van der Waals surface area contributed by atoms with Crippen LogP contribution in [0.4, 0.5) is 13.2 Å². The van der Waals surface area contributed by atoms with Gasteiger partial charge in [-0.25, -0.2) is 4.98 Å². The second kappa shape index (κ2) is 7.67. The van der Waals surface area contributed by atoms with Gasteiger partial charge in [0.25, 0.3) is 0 Å². The molecule has 1 aliphatic rings. The van der Waals surface area contributed by atoms with Gasteiger partial charge in [-0.2, -0.15) is 13.2 Å². The molecule has 4 heterocycles. The second-order valence-electron chi connectivity index (χ2n) is 8.60. The number of benzene rings is 1. The Morgan fingerprint density at radius 3 is 2.64 bits per heavy atom. The Labute approximate surface area is 187 Å². The van der Waals surface area contributed by atoms with E-state index in [9.17, 15) is 18.3 Å². The van der Waals surface area contributed by atoms with Crippen molar-refractivity contribution in [2.24, 2.45) is 0 Å². The summed E-state index contributed by atoms with van der Waals surface area (Å²) in [4.78, 5) is 5.91. The van der Waals surface area contributed by atoms with Gasteiger partial charge in [0, 0.05) is 24.7 Å². The molecule has 2 atom stereocenters. The summed E-state index contributed by atoms with van der Waals surface area (Å²) >= 11 is 0. The monoisotopic (exact) mass is 457 g/mol. The SMILES string of the molecule is COc1cccc2ccc(-c3nnc4ccc([C@@H](N5CCC(C)(O)C5)C(F)(F)F)cn34)nc12. The number of para-hydroxylation sites is 1. The Hall–Kier alpha value is -3.24. The first-order valence-corrected chi connectivity index (χ1v) is 10.5. The van der Waals surface area contributed by atoms with Crippen LogP contribution >= 0.6 is 0 Å². The molecule has 1 fully saturated rings. The van der Waals surface area contributed by atoms with E-state index in [1.54, 1.807) is 26.2 Å². The highest BCUT2D eigenvalue weighted by atomic mass is 19.4. The van der Waals surface area contributed by atoms with Crippen molar-refractivity contribution >= 4 is 16.6 Å². The van der Waals surface area contributed by atoms with Gasteiger partial charge < -0.3 is 9.84 Å². The number of pyridine rings is 2. The summed E-state index contributed by atoms with van der Waals surface area (Å²) in [5.41, 5.74) is 0.392. The third-order valence-electron chi connectivity index (χ3n) is 6.03. The van der Waals surface area contributed by atoms with Crippen LogP contribution in [0.2, 0.25) is 0 Å². The largest absolute Gasteiger partial charge is 0.494 e. The van der Waals surface area contributed by atoms with Gasteiger partial charge in [-0.3, -0.25) is 9.30 Å². The highest BCUT2D eigenvalue weighted by Crippen LogP contribution is 2.41.